The fraction of sp³-hybridized carbons (Fsp3) is 0.286. The molecule has 10 heteroatoms. The molecule has 0 bridgehead atoms. The number of carbonyl (C=O) groups is 2. The van der Waals surface area contributed by atoms with Crippen molar-refractivity contribution in [2.75, 3.05) is 6.54 Å². The number of rotatable bonds is 3. The van der Waals surface area contributed by atoms with Gasteiger partial charge in [0, 0.05) is 0 Å². The van der Waals surface area contributed by atoms with Crippen LogP contribution in [0.1, 0.15) is 32.6 Å². The second-order valence-electron chi connectivity index (χ2n) is 5.20. The highest BCUT2D eigenvalue weighted by molar-refractivity contribution is 6.05. The minimum atomic E-state index is -4.55. The van der Waals surface area contributed by atoms with E-state index in [0.717, 1.165) is 5.56 Å². The first-order valence-corrected chi connectivity index (χ1v) is 6.99. The number of fused-ring (bicyclic) bond motifs is 1. The van der Waals surface area contributed by atoms with Gasteiger partial charge >= 0.3 is 6.18 Å². The van der Waals surface area contributed by atoms with Gasteiger partial charge < -0.3 is 10.6 Å². The summed E-state index contributed by atoms with van der Waals surface area (Å²) in [5, 5.41) is 11.6. The molecule has 0 aliphatic carbocycles. The molecule has 0 unspecified atom stereocenters. The van der Waals surface area contributed by atoms with Crippen LogP contribution in [0, 0.1) is 0 Å². The van der Waals surface area contributed by atoms with Crippen LogP contribution in [0.15, 0.2) is 30.3 Å². The van der Waals surface area contributed by atoms with Crippen molar-refractivity contribution in [1.82, 2.24) is 25.6 Å². The zero-order valence-electron chi connectivity index (χ0n) is 12.2. The van der Waals surface area contributed by atoms with Crippen LogP contribution in [0.2, 0.25) is 0 Å². The van der Waals surface area contributed by atoms with Crippen molar-refractivity contribution in [3.63, 3.8) is 0 Å². The fourth-order valence-electron chi connectivity index (χ4n) is 2.40. The SMILES string of the molecule is O=C(NCC(F)(F)F)c1nnn2c1C(=O)N[C@@H](c1ccccc1)C2. The van der Waals surface area contributed by atoms with E-state index in [-0.39, 0.29) is 18.3 Å². The lowest BCUT2D eigenvalue weighted by molar-refractivity contribution is -0.123. The van der Waals surface area contributed by atoms with E-state index in [9.17, 15) is 22.8 Å². The predicted octanol–water partition coefficient (Wildman–Crippen LogP) is 1.05. The molecule has 2 aromatic rings. The Kier molecular flexibility index (Phi) is 3.96. The van der Waals surface area contributed by atoms with Crippen molar-refractivity contribution < 1.29 is 22.8 Å². The topological polar surface area (TPSA) is 88.9 Å². The number of aromatic nitrogens is 3. The van der Waals surface area contributed by atoms with Crippen LogP contribution in [0.3, 0.4) is 0 Å². The van der Waals surface area contributed by atoms with E-state index in [4.69, 9.17) is 0 Å². The van der Waals surface area contributed by atoms with Crippen molar-refractivity contribution >= 4 is 11.8 Å². The third-order valence-electron chi connectivity index (χ3n) is 3.48. The molecular weight excluding hydrogens is 327 g/mol. The smallest absolute Gasteiger partial charge is 0.342 e. The molecule has 0 saturated carbocycles. The van der Waals surface area contributed by atoms with Gasteiger partial charge in [-0.25, -0.2) is 4.68 Å². The quantitative estimate of drug-likeness (QED) is 0.875. The van der Waals surface area contributed by atoms with Crippen molar-refractivity contribution in [2.45, 2.75) is 18.8 Å². The molecule has 3 rings (SSSR count). The monoisotopic (exact) mass is 339 g/mol. The minimum absolute atomic E-state index is 0.151. The molecule has 1 aromatic heterocycles. The van der Waals surface area contributed by atoms with Gasteiger partial charge in [0.15, 0.2) is 11.4 Å². The highest BCUT2D eigenvalue weighted by atomic mass is 19.4. The summed E-state index contributed by atoms with van der Waals surface area (Å²) in [6.45, 7) is -1.28. The second-order valence-corrected chi connectivity index (χ2v) is 5.20. The molecule has 1 aliphatic heterocycles. The highest BCUT2D eigenvalue weighted by Gasteiger charge is 2.34. The molecule has 0 saturated heterocycles. The molecular formula is C14H12F3N5O2. The van der Waals surface area contributed by atoms with Gasteiger partial charge in [0.1, 0.15) is 6.54 Å². The molecule has 1 aliphatic rings. The van der Waals surface area contributed by atoms with Crippen LogP contribution in [0.5, 0.6) is 0 Å². The maximum atomic E-state index is 12.2. The van der Waals surface area contributed by atoms with Gasteiger partial charge in [-0.3, -0.25) is 9.59 Å². The third kappa shape index (κ3) is 3.21. The van der Waals surface area contributed by atoms with Crippen molar-refractivity contribution in [2.24, 2.45) is 0 Å². The van der Waals surface area contributed by atoms with Gasteiger partial charge in [0.05, 0.1) is 12.6 Å². The Labute approximate surface area is 133 Å². The van der Waals surface area contributed by atoms with Crippen LogP contribution >= 0.6 is 0 Å². The van der Waals surface area contributed by atoms with Gasteiger partial charge in [0.25, 0.3) is 11.8 Å². The van der Waals surface area contributed by atoms with E-state index in [2.05, 4.69) is 15.6 Å². The molecule has 2 heterocycles. The number of benzene rings is 1. The maximum absolute atomic E-state index is 12.2. The molecule has 7 nitrogen and oxygen atoms in total. The zero-order valence-corrected chi connectivity index (χ0v) is 12.2. The number of amides is 2. The van der Waals surface area contributed by atoms with Crippen LogP contribution in [0.25, 0.3) is 0 Å². The summed E-state index contributed by atoms with van der Waals surface area (Å²) in [5.41, 5.74) is 0.264. The lowest BCUT2D eigenvalue weighted by Gasteiger charge is -2.24. The molecule has 2 N–H and O–H groups in total. The first-order valence-electron chi connectivity index (χ1n) is 6.99. The summed E-state index contributed by atoms with van der Waals surface area (Å²) in [6.07, 6.45) is -4.55. The summed E-state index contributed by atoms with van der Waals surface area (Å²) >= 11 is 0. The molecule has 24 heavy (non-hydrogen) atoms. The number of alkyl halides is 3. The minimum Gasteiger partial charge on any atom is -0.342 e. The fourth-order valence-corrected chi connectivity index (χ4v) is 2.40. The van der Waals surface area contributed by atoms with Gasteiger partial charge in [-0.1, -0.05) is 35.5 Å². The average molecular weight is 339 g/mol. The Morgan fingerprint density at radius 1 is 1.33 bits per heavy atom. The lowest BCUT2D eigenvalue weighted by atomic mass is 10.0. The summed E-state index contributed by atoms with van der Waals surface area (Å²) in [6, 6.07) is 8.74. The Balaban J connectivity index is 1.81. The first kappa shape index (κ1) is 16.0. The second kappa shape index (κ2) is 5.95. The summed E-state index contributed by atoms with van der Waals surface area (Å²) in [4.78, 5) is 24.1. The largest absolute Gasteiger partial charge is 0.405 e. The normalized spacial score (nSPS) is 17.1. The number of nitrogens with one attached hydrogen (secondary N) is 2. The Bertz CT molecular complexity index is 772. The molecule has 0 radical (unpaired) electrons. The van der Waals surface area contributed by atoms with E-state index in [1.807, 2.05) is 30.3 Å². The molecule has 126 valence electrons. The van der Waals surface area contributed by atoms with E-state index in [1.54, 1.807) is 5.32 Å². The van der Waals surface area contributed by atoms with E-state index in [0.29, 0.717) is 0 Å². The maximum Gasteiger partial charge on any atom is 0.405 e. The molecule has 1 aromatic carbocycles. The molecule has 2 amide bonds. The first-order chi connectivity index (χ1) is 11.3. The molecule has 0 fully saturated rings. The van der Waals surface area contributed by atoms with Crippen molar-refractivity contribution in [1.29, 1.82) is 0 Å². The van der Waals surface area contributed by atoms with Crippen molar-refractivity contribution in [3.05, 3.63) is 47.3 Å². The average Bonchev–Trinajstić information content (AvgIpc) is 2.97. The number of carbonyl (C=O) groups excluding carboxylic acids is 2. The summed E-state index contributed by atoms with van der Waals surface area (Å²) in [7, 11) is 0. The van der Waals surface area contributed by atoms with Crippen LogP contribution in [0.4, 0.5) is 13.2 Å². The van der Waals surface area contributed by atoms with E-state index < -0.39 is 30.2 Å². The van der Waals surface area contributed by atoms with Crippen LogP contribution in [-0.4, -0.2) is 39.5 Å². The lowest BCUT2D eigenvalue weighted by Crippen LogP contribution is -2.41. The standard InChI is InChI=1S/C14H12F3N5O2/c15-14(16,17)7-18-12(23)10-11-13(24)19-9(6-22(11)21-20-10)8-4-2-1-3-5-8/h1-5,9H,6-7H2,(H,18,23)(H,19,24)/t9-/m1/s1. The van der Waals surface area contributed by atoms with E-state index >= 15 is 0 Å². The highest BCUT2D eigenvalue weighted by Crippen LogP contribution is 2.22. The van der Waals surface area contributed by atoms with Gasteiger partial charge in [-0.05, 0) is 5.56 Å². The number of hydrogen-bond donors (Lipinski definition) is 2. The van der Waals surface area contributed by atoms with Gasteiger partial charge in [0.2, 0.25) is 0 Å². The summed E-state index contributed by atoms with van der Waals surface area (Å²) < 4.78 is 37.8. The Morgan fingerprint density at radius 3 is 2.71 bits per heavy atom. The Morgan fingerprint density at radius 2 is 2.04 bits per heavy atom. The van der Waals surface area contributed by atoms with Gasteiger partial charge in [-0.15, -0.1) is 5.10 Å². The van der Waals surface area contributed by atoms with E-state index in [1.165, 1.54) is 4.68 Å². The van der Waals surface area contributed by atoms with Gasteiger partial charge in [-0.2, -0.15) is 13.2 Å². The number of halogens is 3. The van der Waals surface area contributed by atoms with Crippen molar-refractivity contribution in [3.8, 4) is 0 Å². The number of hydrogen-bond acceptors (Lipinski definition) is 4. The zero-order chi connectivity index (χ0) is 17.3. The summed E-state index contributed by atoms with van der Waals surface area (Å²) in [5.74, 6) is -1.71. The number of nitrogens with zero attached hydrogens (tertiary/aromatic N) is 3. The van der Waals surface area contributed by atoms with Crippen LogP contribution in [-0.2, 0) is 6.54 Å². The molecule has 0 spiro atoms. The predicted molar refractivity (Wildman–Crippen MR) is 75.1 cm³/mol. The third-order valence-corrected chi connectivity index (χ3v) is 3.48. The Hall–Kier alpha value is -2.91. The molecule has 1 atom stereocenters. The van der Waals surface area contributed by atoms with Crippen LogP contribution < -0.4 is 10.6 Å².